The summed E-state index contributed by atoms with van der Waals surface area (Å²) in [7, 11) is 0. The van der Waals surface area contributed by atoms with Crippen molar-refractivity contribution in [1.82, 2.24) is 4.98 Å². The molecule has 1 aromatic heterocycles. The predicted molar refractivity (Wildman–Crippen MR) is 79.4 cm³/mol. The Morgan fingerprint density at radius 1 is 0.889 bits per heavy atom. The van der Waals surface area contributed by atoms with Gasteiger partial charge in [0, 0.05) is 5.39 Å². The lowest BCUT2D eigenvalue weighted by Gasteiger charge is -2.04. The molecule has 0 aliphatic heterocycles. The van der Waals surface area contributed by atoms with Gasteiger partial charge in [0.2, 0.25) is 0 Å². The SMILES string of the molecule is Cc1nc2c(ccc3ccc4ccccc4c32)s1. The maximum atomic E-state index is 4.71. The molecule has 0 saturated carbocycles. The number of aromatic nitrogens is 1. The largest absolute Gasteiger partial charge is 0.241 e. The second kappa shape index (κ2) is 3.53. The van der Waals surface area contributed by atoms with Crippen LogP contribution >= 0.6 is 11.3 Å². The zero-order chi connectivity index (χ0) is 12.1. The summed E-state index contributed by atoms with van der Waals surface area (Å²) in [5.41, 5.74) is 1.15. The van der Waals surface area contributed by atoms with E-state index >= 15 is 0 Å². The van der Waals surface area contributed by atoms with Crippen molar-refractivity contribution in [3.05, 3.63) is 53.5 Å². The van der Waals surface area contributed by atoms with Crippen molar-refractivity contribution in [2.24, 2.45) is 0 Å². The highest BCUT2D eigenvalue weighted by atomic mass is 32.1. The van der Waals surface area contributed by atoms with Gasteiger partial charge in [-0.1, -0.05) is 42.5 Å². The van der Waals surface area contributed by atoms with Crippen LogP contribution in [0.4, 0.5) is 0 Å². The van der Waals surface area contributed by atoms with Crippen LogP contribution in [0.25, 0.3) is 31.8 Å². The van der Waals surface area contributed by atoms with E-state index in [9.17, 15) is 0 Å². The highest BCUT2D eigenvalue weighted by Gasteiger charge is 2.08. The number of benzene rings is 3. The molecule has 0 atom stereocenters. The number of rotatable bonds is 0. The highest BCUT2D eigenvalue weighted by Crippen LogP contribution is 2.33. The van der Waals surface area contributed by atoms with Crippen LogP contribution in [0.5, 0.6) is 0 Å². The van der Waals surface area contributed by atoms with Crippen molar-refractivity contribution >= 4 is 43.1 Å². The molecule has 0 bridgehead atoms. The lowest BCUT2D eigenvalue weighted by molar-refractivity contribution is 1.35. The number of hydrogen-bond acceptors (Lipinski definition) is 2. The molecule has 0 radical (unpaired) electrons. The van der Waals surface area contributed by atoms with Gasteiger partial charge in [0.15, 0.2) is 0 Å². The van der Waals surface area contributed by atoms with Gasteiger partial charge >= 0.3 is 0 Å². The molecule has 4 aromatic rings. The first kappa shape index (κ1) is 10.0. The van der Waals surface area contributed by atoms with Gasteiger partial charge in [-0.25, -0.2) is 4.98 Å². The fourth-order valence-corrected chi connectivity index (χ4v) is 3.43. The summed E-state index contributed by atoms with van der Waals surface area (Å²) >= 11 is 1.76. The minimum absolute atomic E-state index is 1.13. The van der Waals surface area contributed by atoms with Gasteiger partial charge in [-0.2, -0.15) is 0 Å². The second-order valence-corrected chi connectivity index (χ2v) is 5.76. The van der Waals surface area contributed by atoms with E-state index in [4.69, 9.17) is 4.98 Å². The molecule has 0 amide bonds. The summed E-state index contributed by atoms with van der Waals surface area (Å²) < 4.78 is 1.27. The molecule has 0 aliphatic rings. The zero-order valence-electron chi connectivity index (χ0n) is 9.97. The van der Waals surface area contributed by atoms with Crippen molar-refractivity contribution in [2.75, 3.05) is 0 Å². The minimum Gasteiger partial charge on any atom is -0.241 e. The highest BCUT2D eigenvalue weighted by molar-refractivity contribution is 7.18. The number of hydrogen-bond donors (Lipinski definition) is 0. The molecule has 18 heavy (non-hydrogen) atoms. The summed E-state index contributed by atoms with van der Waals surface area (Å²) in [5.74, 6) is 0. The van der Waals surface area contributed by atoms with Gasteiger partial charge in [0.25, 0.3) is 0 Å². The van der Waals surface area contributed by atoms with E-state index in [0.29, 0.717) is 0 Å². The van der Waals surface area contributed by atoms with Crippen molar-refractivity contribution in [3.8, 4) is 0 Å². The van der Waals surface area contributed by atoms with Crippen LogP contribution in [-0.4, -0.2) is 4.98 Å². The molecule has 0 N–H and O–H groups in total. The summed E-state index contributed by atoms with van der Waals surface area (Å²) in [6.07, 6.45) is 0. The van der Waals surface area contributed by atoms with Crippen LogP contribution in [0.3, 0.4) is 0 Å². The molecule has 4 rings (SSSR count). The topological polar surface area (TPSA) is 12.9 Å². The first-order valence-electron chi connectivity index (χ1n) is 6.00. The molecular weight excluding hydrogens is 238 g/mol. The Balaban J connectivity index is 2.37. The lowest BCUT2D eigenvalue weighted by Crippen LogP contribution is -1.79. The third-order valence-corrected chi connectivity index (χ3v) is 4.31. The van der Waals surface area contributed by atoms with E-state index in [1.165, 1.54) is 26.2 Å². The summed E-state index contributed by atoms with van der Waals surface area (Å²) in [6, 6.07) is 17.3. The third kappa shape index (κ3) is 1.30. The lowest BCUT2D eigenvalue weighted by atomic mass is 10.0. The van der Waals surface area contributed by atoms with Gasteiger partial charge in [-0.15, -0.1) is 11.3 Å². The Morgan fingerprint density at radius 3 is 2.61 bits per heavy atom. The third-order valence-electron chi connectivity index (χ3n) is 3.37. The molecule has 0 unspecified atom stereocenters. The maximum Gasteiger partial charge on any atom is 0.0908 e. The first-order chi connectivity index (χ1) is 8.83. The van der Waals surface area contributed by atoms with Gasteiger partial charge in [-0.05, 0) is 29.1 Å². The maximum absolute atomic E-state index is 4.71. The van der Waals surface area contributed by atoms with Crippen LogP contribution in [0.2, 0.25) is 0 Å². The summed E-state index contributed by atoms with van der Waals surface area (Å²) in [4.78, 5) is 4.71. The van der Waals surface area contributed by atoms with Crippen molar-refractivity contribution < 1.29 is 0 Å². The van der Waals surface area contributed by atoms with Crippen molar-refractivity contribution in [2.45, 2.75) is 6.92 Å². The van der Waals surface area contributed by atoms with E-state index in [1.54, 1.807) is 11.3 Å². The Hall–Kier alpha value is -1.93. The van der Waals surface area contributed by atoms with Crippen LogP contribution in [0, 0.1) is 6.92 Å². The molecular formula is C16H11NS. The first-order valence-corrected chi connectivity index (χ1v) is 6.82. The van der Waals surface area contributed by atoms with E-state index < -0.39 is 0 Å². The van der Waals surface area contributed by atoms with Gasteiger partial charge in [0.1, 0.15) is 0 Å². The molecule has 2 heteroatoms. The van der Waals surface area contributed by atoms with E-state index in [2.05, 4.69) is 55.5 Å². The Morgan fingerprint density at radius 2 is 1.67 bits per heavy atom. The van der Waals surface area contributed by atoms with Gasteiger partial charge in [0.05, 0.1) is 15.2 Å². The van der Waals surface area contributed by atoms with Crippen LogP contribution in [-0.2, 0) is 0 Å². The molecule has 1 nitrogen and oxygen atoms in total. The quantitative estimate of drug-likeness (QED) is 0.403. The fraction of sp³-hybridized carbons (Fsp3) is 0.0625. The number of aryl methyl sites for hydroxylation is 1. The summed E-state index contributed by atoms with van der Waals surface area (Å²) in [5, 5.41) is 6.26. The monoisotopic (exact) mass is 249 g/mol. The van der Waals surface area contributed by atoms with Crippen LogP contribution in [0.15, 0.2) is 48.5 Å². The molecule has 0 aliphatic carbocycles. The zero-order valence-corrected chi connectivity index (χ0v) is 10.8. The van der Waals surface area contributed by atoms with Crippen LogP contribution < -0.4 is 0 Å². The average molecular weight is 249 g/mol. The molecule has 0 saturated heterocycles. The minimum atomic E-state index is 1.13. The second-order valence-electron chi connectivity index (χ2n) is 4.53. The molecule has 0 spiro atoms. The number of fused-ring (bicyclic) bond motifs is 5. The fourth-order valence-electron chi connectivity index (χ4n) is 2.59. The predicted octanol–water partition coefficient (Wildman–Crippen LogP) is 4.91. The van der Waals surface area contributed by atoms with Crippen molar-refractivity contribution in [3.63, 3.8) is 0 Å². The molecule has 3 aromatic carbocycles. The van der Waals surface area contributed by atoms with Gasteiger partial charge < -0.3 is 0 Å². The van der Waals surface area contributed by atoms with Gasteiger partial charge in [-0.3, -0.25) is 0 Å². The Kier molecular flexibility index (Phi) is 1.97. The number of thiazole rings is 1. The molecule has 86 valence electrons. The van der Waals surface area contributed by atoms with E-state index in [0.717, 1.165) is 10.5 Å². The van der Waals surface area contributed by atoms with Crippen molar-refractivity contribution in [1.29, 1.82) is 0 Å². The number of nitrogens with zero attached hydrogens (tertiary/aromatic N) is 1. The molecule has 0 fully saturated rings. The standard InChI is InChI=1S/C16H11NS/c1-10-17-16-14(18-10)9-8-12-7-6-11-4-2-3-5-13(11)15(12)16/h2-9H,1H3. The smallest absolute Gasteiger partial charge is 0.0908 e. The Labute approximate surface area is 109 Å². The molecule has 1 heterocycles. The summed E-state index contributed by atoms with van der Waals surface area (Å²) in [6.45, 7) is 2.07. The van der Waals surface area contributed by atoms with E-state index in [-0.39, 0.29) is 0 Å². The Bertz CT molecular complexity index is 889. The van der Waals surface area contributed by atoms with Crippen LogP contribution in [0.1, 0.15) is 5.01 Å². The normalized spacial score (nSPS) is 11.6. The average Bonchev–Trinajstić information content (AvgIpc) is 2.78. The van der Waals surface area contributed by atoms with E-state index in [1.807, 2.05) is 0 Å².